The van der Waals surface area contributed by atoms with Gasteiger partial charge in [-0.1, -0.05) is 0 Å². The van der Waals surface area contributed by atoms with E-state index in [0.717, 1.165) is 16.5 Å². The van der Waals surface area contributed by atoms with Crippen LogP contribution in [0.15, 0.2) is 32.9 Å². The number of aryl methyl sites for hydroxylation is 1. The Morgan fingerprint density at radius 1 is 1.43 bits per heavy atom. The van der Waals surface area contributed by atoms with Crippen molar-refractivity contribution < 1.29 is 12.8 Å². The van der Waals surface area contributed by atoms with Gasteiger partial charge in [-0.2, -0.15) is 4.31 Å². The maximum absolute atomic E-state index is 13.4. The van der Waals surface area contributed by atoms with Gasteiger partial charge >= 0.3 is 0 Å². The van der Waals surface area contributed by atoms with Crippen LogP contribution in [0.3, 0.4) is 0 Å². The van der Waals surface area contributed by atoms with E-state index in [1.165, 1.54) is 28.8 Å². The van der Waals surface area contributed by atoms with Gasteiger partial charge in [0.15, 0.2) is 0 Å². The number of thiophene rings is 1. The van der Waals surface area contributed by atoms with Crippen molar-refractivity contribution in [1.82, 2.24) is 4.31 Å². The summed E-state index contributed by atoms with van der Waals surface area (Å²) in [6.07, 6.45) is 0. The number of rotatable bonds is 4. The molecule has 21 heavy (non-hydrogen) atoms. The molecular weight excluding hydrogens is 379 g/mol. The maximum Gasteiger partial charge on any atom is 0.245 e. The number of halogens is 2. The summed E-state index contributed by atoms with van der Waals surface area (Å²) in [5.41, 5.74) is 6.58. The van der Waals surface area contributed by atoms with Crippen molar-refractivity contribution in [2.45, 2.75) is 18.4 Å². The van der Waals surface area contributed by atoms with E-state index < -0.39 is 15.8 Å². The summed E-state index contributed by atoms with van der Waals surface area (Å²) in [5, 5.41) is 1.91. The van der Waals surface area contributed by atoms with Crippen LogP contribution in [0.1, 0.15) is 10.4 Å². The topological polar surface area (TPSA) is 63.4 Å². The predicted molar refractivity (Wildman–Crippen MR) is 86.2 cm³/mol. The predicted octanol–water partition coefficient (Wildman–Crippen LogP) is 3.36. The van der Waals surface area contributed by atoms with Gasteiger partial charge in [0.1, 0.15) is 10.7 Å². The normalized spacial score (nSPS) is 12.0. The Hall–Kier alpha value is -0.960. The molecule has 2 N–H and O–H groups in total. The number of anilines is 1. The average molecular weight is 393 g/mol. The molecule has 1 aromatic carbocycles. The highest BCUT2D eigenvalue weighted by molar-refractivity contribution is 9.10. The first-order valence-corrected chi connectivity index (χ1v) is 9.08. The number of nitrogens with zero attached hydrogens (tertiary/aromatic N) is 1. The lowest BCUT2D eigenvalue weighted by Crippen LogP contribution is -2.27. The summed E-state index contributed by atoms with van der Waals surface area (Å²) in [6, 6.07) is 4.13. The number of benzene rings is 1. The lowest BCUT2D eigenvalue weighted by atomic mass is 10.3. The molecule has 0 amide bonds. The third-order valence-electron chi connectivity index (χ3n) is 3.08. The van der Waals surface area contributed by atoms with Crippen molar-refractivity contribution in [2.75, 3.05) is 12.8 Å². The molecule has 0 unspecified atom stereocenters. The fourth-order valence-electron chi connectivity index (χ4n) is 1.79. The molecule has 0 bridgehead atoms. The van der Waals surface area contributed by atoms with Crippen LogP contribution in [-0.2, 0) is 16.6 Å². The minimum atomic E-state index is -3.78. The van der Waals surface area contributed by atoms with E-state index in [-0.39, 0.29) is 21.6 Å². The van der Waals surface area contributed by atoms with Crippen LogP contribution >= 0.6 is 27.3 Å². The van der Waals surface area contributed by atoms with Crippen molar-refractivity contribution in [2.24, 2.45) is 0 Å². The quantitative estimate of drug-likeness (QED) is 0.811. The summed E-state index contributed by atoms with van der Waals surface area (Å²) < 4.78 is 39.8. The number of hydrogen-bond donors (Lipinski definition) is 1. The fraction of sp³-hybridized carbons (Fsp3) is 0.231. The molecule has 2 rings (SSSR count). The third kappa shape index (κ3) is 3.28. The lowest BCUT2D eigenvalue weighted by Gasteiger charge is -2.18. The van der Waals surface area contributed by atoms with Gasteiger partial charge in [-0.05, 0) is 52.0 Å². The number of nitrogen functional groups attached to an aromatic ring is 1. The molecule has 0 spiro atoms. The lowest BCUT2D eigenvalue weighted by molar-refractivity contribution is 0.469. The summed E-state index contributed by atoms with van der Waals surface area (Å²) in [4.78, 5) is 0.855. The Morgan fingerprint density at radius 2 is 2.10 bits per heavy atom. The molecule has 0 saturated heterocycles. The van der Waals surface area contributed by atoms with Gasteiger partial charge in [0.2, 0.25) is 10.0 Å². The first-order chi connectivity index (χ1) is 9.73. The summed E-state index contributed by atoms with van der Waals surface area (Å²) >= 11 is 4.47. The van der Waals surface area contributed by atoms with Crippen LogP contribution in [-0.4, -0.2) is 19.8 Å². The Labute approximate surface area is 135 Å². The van der Waals surface area contributed by atoms with Gasteiger partial charge in [0.05, 0.1) is 10.2 Å². The highest BCUT2D eigenvalue weighted by atomic mass is 79.9. The Morgan fingerprint density at radius 3 is 2.67 bits per heavy atom. The van der Waals surface area contributed by atoms with Gasteiger partial charge in [-0.15, -0.1) is 11.3 Å². The standard InChI is InChI=1S/C13H14BrFN2O2S2/c1-8-3-4-20-12(8)7-17(2)21(18,19)13-5-9(14)10(15)6-11(13)16/h3-6H,7,16H2,1-2H3. The van der Waals surface area contributed by atoms with Crippen LogP contribution in [0.5, 0.6) is 0 Å². The minimum Gasteiger partial charge on any atom is -0.398 e. The Bertz CT molecular complexity index is 774. The van der Waals surface area contributed by atoms with Gasteiger partial charge in [0.25, 0.3) is 0 Å². The molecule has 0 aliphatic rings. The van der Waals surface area contributed by atoms with E-state index in [1.54, 1.807) is 0 Å². The highest BCUT2D eigenvalue weighted by Crippen LogP contribution is 2.29. The molecule has 0 saturated carbocycles. The zero-order chi connectivity index (χ0) is 15.8. The van der Waals surface area contributed by atoms with E-state index in [0.29, 0.717) is 0 Å². The van der Waals surface area contributed by atoms with E-state index in [4.69, 9.17) is 5.73 Å². The van der Waals surface area contributed by atoms with Crippen molar-refractivity contribution in [3.8, 4) is 0 Å². The molecule has 0 aliphatic carbocycles. The monoisotopic (exact) mass is 392 g/mol. The van der Waals surface area contributed by atoms with Crippen LogP contribution in [0.4, 0.5) is 10.1 Å². The van der Waals surface area contributed by atoms with Gasteiger partial charge in [-0.3, -0.25) is 0 Å². The SMILES string of the molecule is Cc1ccsc1CN(C)S(=O)(=O)c1cc(Br)c(F)cc1N. The fourth-order valence-corrected chi connectivity index (χ4v) is 4.58. The molecule has 0 fully saturated rings. The molecule has 8 heteroatoms. The van der Waals surface area contributed by atoms with Gasteiger partial charge in [0, 0.05) is 18.5 Å². The molecule has 2 aromatic rings. The number of nitrogens with two attached hydrogens (primary N) is 1. The minimum absolute atomic E-state index is 0.0657. The van der Waals surface area contributed by atoms with Crippen molar-refractivity contribution in [3.63, 3.8) is 0 Å². The van der Waals surface area contributed by atoms with E-state index in [2.05, 4.69) is 15.9 Å². The van der Waals surface area contributed by atoms with E-state index in [1.807, 2.05) is 18.4 Å². The second kappa shape index (κ2) is 6.04. The van der Waals surface area contributed by atoms with Crippen LogP contribution in [0, 0.1) is 12.7 Å². The Balaban J connectivity index is 2.38. The van der Waals surface area contributed by atoms with Gasteiger partial charge in [-0.25, -0.2) is 12.8 Å². The van der Waals surface area contributed by atoms with E-state index in [9.17, 15) is 12.8 Å². The summed E-state index contributed by atoms with van der Waals surface area (Å²) in [5.74, 6) is -0.594. The van der Waals surface area contributed by atoms with Crippen LogP contribution < -0.4 is 5.73 Å². The maximum atomic E-state index is 13.4. The second-order valence-corrected chi connectivity index (χ2v) is 8.46. The largest absolute Gasteiger partial charge is 0.398 e. The molecule has 0 atom stereocenters. The van der Waals surface area contributed by atoms with Gasteiger partial charge < -0.3 is 5.73 Å². The molecule has 1 aromatic heterocycles. The average Bonchev–Trinajstić information content (AvgIpc) is 2.79. The second-order valence-electron chi connectivity index (χ2n) is 4.59. The smallest absolute Gasteiger partial charge is 0.245 e. The molecule has 4 nitrogen and oxygen atoms in total. The third-order valence-corrected chi connectivity index (χ3v) is 6.55. The summed E-state index contributed by atoms with van der Waals surface area (Å²) in [6.45, 7) is 2.18. The zero-order valence-corrected chi connectivity index (χ0v) is 14.6. The molecule has 114 valence electrons. The Kier molecular flexibility index (Phi) is 4.72. The van der Waals surface area contributed by atoms with Crippen molar-refractivity contribution in [3.05, 3.63) is 44.3 Å². The van der Waals surface area contributed by atoms with E-state index >= 15 is 0 Å². The van der Waals surface area contributed by atoms with Crippen molar-refractivity contribution >= 4 is 43.0 Å². The van der Waals surface area contributed by atoms with Crippen LogP contribution in [0.2, 0.25) is 0 Å². The van der Waals surface area contributed by atoms with Crippen molar-refractivity contribution in [1.29, 1.82) is 0 Å². The molecular formula is C13H14BrFN2O2S2. The molecule has 1 heterocycles. The number of sulfonamides is 1. The first-order valence-electron chi connectivity index (χ1n) is 5.97. The number of hydrogen-bond acceptors (Lipinski definition) is 4. The zero-order valence-electron chi connectivity index (χ0n) is 11.4. The van der Waals surface area contributed by atoms with Crippen LogP contribution in [0.25, 0.3) is 0 Å². The molecule has 0 radical (unpaired) electrons. The molecule has 0 aliphatic heterocycles. The first kappa shape index (κ1) is 16.4. The summed E-state index contributed by atoms with van der Waals surface area (Å²) in [7, 11) is -2.31. The highest BCUT2D eigenvalue weighted by Gasteiger charge is 2.25.